The van der Waals surface area contributed by atoms with Crippen LogP contribution in [0.3, 0.4) is 0 Å². The second kappa shape index (κ2) is 7.64. The minimum absolute atomic E-state index is 0.111. The first-order valence-corrected chi connectivity index (χ1v) is 7.08. The van der Waals surface area contributed by atoms with Crippen LogP contribution >= 0.6 is 11.3 Å². The third kappa shape index (κ3) is 4.65. The highest BCUT2D eigenvalue weighted by Gasteiger charge is 2.20. The van der Waals surface area contributed by atoms with Crippen molar-refractivity contribution >= 4 is 29.1 Å². The summed E-state index contributed by atoms with van der Waals surface area (Å²) in [4.78, 5) is 36.9. The summed E-state index contributed by atoms with van der Waals surface area (Å²) in [6.07, 6.45) is 0. The summed E-state index contributed by atoms with van der Waals surface area (Å²) in [6, 6.07) is 2.74. The number of ether oxygens (including phenoxy) is 1. The van der Waals surface area contributed by atoms with E-state index in [4.69, 9.17) is 4.74 Å². The monoisotopic (exact) mass is 298 g/mol. The maximum atomic E-state index is 11.9. The molecule has 20 heavy (non-hydrogen) atoms. The molecule has 1 aromatic rings. The summed E-state index contributed by atoms with van der Waals surface area (Å²) in [5, 5.41) is 4.29. The molecule has 1 N–H and O–H groups in total. The molecule has 7 heteroatoms. The number of thiophene rings is 1. The van der Waals surface area contributed by atoms with Crippen molar-refractivity contribution < 1.29 is 19.1 Å². The summed E-state index contributed by atoms with van der Waals surface area (Å²) in [7, 11) is 1.54. The molecule has 0 bridgehead atoms. The maximum absolute atomic E-state index is 11.9. The van der Waals surface area contributed by atoms with Crippen LogP contribution in [-0.4, -0.2) is 48.9 Å². The van der Waals surface area contributed by atoms with Gasteiger partial charge < -0.3 is 15.0 Å². The van der Waals surface area contributed by atoms with Gasteiger partial charge >= 0.3 is 5.97 Å². The third-order valence-electron chi connectivity index (χ3n) is 2.48. The smallest absolute Gasteiger partial charge is 0.328 e. The van der Waals surface area contributed by atoms with E-state index in [9.17, 15) is 14.4 Å². The molecule has 0 aliphatic rings. The number of carbonyl (C=O) groups excluding carboxylic acids is 3. The Balaban J connectivity index is 2.46. The quantitative estimate of drug-likeness (QED) is 0.791. The zero-order valence-corrected chi connectivity index (χ0v) is 12.5. The van der Waals surface area contributed by atoms with Crippen LogP contribution in [0.1, 0.15) is 23.5 Å². The highest BCUT2D eigenvalue weighted by atomic mass is 32.1. The van der Waals surface area contributed by atoms with Gasteiger partial charge in [-0.2, -0.15) is 0 Å². The topological polar surface area (TPSA) is 75.7 Å². The Hall–Kier alpha value is -1.89. The van der Waals surface area contributed by atoms with Crippen LogP contribution in [0.5, 0.6) is 0 Å². The van der Waals surface area contributed by atoms with Crippen LogP contribution in [0.4, 0.5) is 0 Å². The minimum atomic E-state index is -0.729. The minimum Gasteiger partial charge on any atom is -0.464 e. The molecular formula is C13H18N2O4S. The number of amides is 2. The lowest BCUT2D eigenvalue weighted by Crippen LogP contribution is -2.45. The standard InChI is InChI=1S/C13H18N2O4S/c1-4-19-13(18)9(2)14-11(16)8-15(3)12(17)10-6-5-7-20-10/h5-7,9H,4,8H2,1-3H3,(H,14,16). The van der Waals surface area contributed by atoms with E-state index < -0.39 is 17.9 Å². The zero-order valence-electron chi connectivity index (χ0n) is 11.7. The second-order valence-electron chi connectivity index (χ2n) is 4.18. The van der Waals surface area contributed by atoms with Crippen molar-refractivity contribution in [3.05, 3.63) is 22.4 Å². The zero-order chi connectivity index (χ0) is 15.1. The van der Waals surface area contributed by atoms with Gasteiger partial charge in [0.2, 0.25) is 5.91 Å². The van der Waals surface area contributed by atoms with Crippen LogP contribution in [0.15, 0.2) is 17.5 Å². The van der Waals surface area contributed by atoms with Gasteiger partial charge in [0.1, 0.15) is 6.04 Å². The third-order valence-corrected chi connectivity index (χ3v) is 3.33. The molecule has 1 rings (SSSR count). The van der Waals surface area contributed by atoms with E-state index in [1.807, 2.05) is 0 Å². The number of hydrogen-bond acceptors (Lipinski definition) is 5. The van der Waals surface area contributed by atoms with Crippen LogP contribution in [-0.2, 0) is 14.3 Å². The van der Waals surface area contributed by atoms with Crippen LogP contribution in [0.2, 0.25) is 0 Å². The predicted molar refractivity (Wildman–Crippen MR) is 75.5 cm³/mol. The molecule has 0 spiro atoms. The van der Waals surface area contributed by atoms with Crippen LogP contribution < -0.4 is 5.32 Å². The molecule has 1 atom stereocenters. The van der Waals surface area contributed by atoms with Crippen molar-refractivity contribution in [3.63, 3.8) is 0 Å². The highest BCUT2D eigenvalue weighted by Crippen LogP contribution is 2.10. The van der Waals surface area contributed by atoms with E-state index in [0.29, 0.717) is 4.88 Å². The lowest BCUT2D eigenvalue weighted by atomic mass is 10.3. The molecule has 0 aliphatic carbocycles. The fourth-order valence-electron chi connectivity index (χ4n) is 1.49. The normalized spacial score (nSPS) is 11.6. The van der Waals surface area contributed by atoms with Gasteiger partial charge in [-0.25, -0.2) is 4.79 Å². The largest absolute Gasteiger partial charge is 0.464 e. The summed E-state index contributed by atoms with van der Waals surface area (Å²) >= 11 is 1.31. The second-order valence-corrected chi connectivity index (χ2v) is 5.13. The van der Waals surface area contributed by atoms with Crippen molar-refractivity contribution in [2.75, 3.05) is 20.2 Å². The van der Waals surface area contributed by atoms with Crippen LogP contribution in [0, 0.1) is 0 Å². The van der Waals surface area contributed by atoms with Gasteiger partial charge in [-0.1, -0.05) is 6.07 Å². The molecule has 1 heterocycles. The summed E-state index contributed by atoms with van der Waals surface area (Å²) in [6.45, 7) is 3.38. The average Bonchev–Trinajstić information content (AvgIpc) is 2.91. The molecule has 2 amide bonds. The van der Waals surface area contributed by atoms with E-state index >= 15 is 0 Å². The molecule has 6 nitrogen and oxygen atoms in total. The Morgan fingerprint density at radius 2 is 2.15 bits per heavy atom. The predicted octanol–water partition coefficient (Wildman–Crippen LogP) is 0.888. The molecule has 0 radical (unpaired) electrons. The van der Waals surface area contributed by atoms with Crippen molar-refractivity contribution in [3.8, 4) is 0 Å². The first-order valence-electron chi connectivity index (χ1n) is 6.20. The summed E-state index contributed by atoms with van der Waals surface area (Å²) in [5.74, 6) is -1.12. The maximum Gasteiger partial charge on any atom is 0.328 e. The molecule has 0 saturated carbocycles. The molecule has 0 aliphatic heterocycles. The lowest BCUT2D eigenvalue weighted by molar-refractivity contribution is -0.146. The number of likely N-dealkylation sites (N-methyl/N-ethyl adjacent to an activating group) is 1. The summed E-state index contributed by atoms with van der Waals surface area (Å²) < 4.78 is 4.78. The molecule has 1 unspecified atom stereocenters. The van der Waals surface area contributed by atoms with Gasteiger partial charge in [-0.3, -0.25) is 9.59 Å². The number of carbonyl (C=O) groups is 3. The van der Waals surface area contributed by atoms with Gasteiger partial charge in [-0.05, 0) is 25.3 Å². The molecule has 0 saturated heterocycles. The van der Waals surface area contributed by atoms with Gasteiger partial charge in [0.25, 0.3) is 5.91 Å². The van der Waals surface area contributed by atoms with Crippen molar-refractivity contribution in [2.45, 2.75) is 19.9 Å². The van der Waals surface area contributed by atoms with Gasteiger partial charge in [0.15, 0.2) is 0 Å². The summed E-state index contributed by atoms with van der Waals surface area (Å²) in [5.41, 5.74) is 0. The van der Waals surface area contributed by atoms with E-state index in [2.05, 4.69) is 5.32 Å². The van der Waals surface area contributed by atoms with Crippen molar-refractivity contribution in [1.29, 1.82) is 0 Å². The first-order chi connectivity index (χ1) is 9.45. The van der Waals surface area contributed by atoms with Gasteiger partial charge in [0.05, 0.1) is 18.0 Å². The molecule has 110 valence electrons. The van der Waals surface area contributed by atoms with E-state index in [1.165, 1.54) is 30.2 Å². The van der Waals surface area contributed by atoms with Crippen LogP contribution in [0.25, 0.3) is 0 Å². The Labute approximate surface area is 121 Å². The number of nitrogens with one attached hydrogen (secondary N) is 1. The van der Waals surface area contributed by atoms with Crippen molar-refractivity contribution in [2.24, 2.45) is 0 Å². The number of esters is 1. The molecule has 0 aromatic carbocycles. The van der Waals surface area contributed by atoms with Crippen molar-refractivity contribution in [1.82, 2.24) is 10.2 Å². The number of nitrogens with zero attached hydrogens (tertiary/aromatic N) is 1. The molecular weight excluding hydrogens is 280 g/mol. The number of rotatable bonds is 6. The fourth-order valence-corrected chi connectivity index (χ4v) is 2.21. The average molecular weight is 298 g/mol. The Kier molecular flexibility index (Phi) is 6.17. The van der Waals surface area contributed by atoms with E-state index in [1.54, 1.807) is 24.4 Å². The highest BCUT2D eigenvalue weighted by molar-refractivity contribution is 7.12. The number of hydrogen-bond donors (Lipinski definition) is 1. The van der Waals surface area contributed by atoms with Gasteiger partial charge in [0, 0.05) is 7.05 Å². The Morgan fingerprint density at radius 1 is 1.45 bits per heavy atom. The molecule has 0 fully saturated rings. The SMILES string of the molecule is CCOC(=O)C(C)NC(=O)CN(C)C(=O)c1cccs1. The van der Waals surface area contributed by atoms with E-state index in [-0.39, 0.29) is 19.1 Å². The Morgan fingerprint density at radius 3 is 2.70 bits per heavy atom. The Bertz CT molecular complexity index is 473. The molecule has 1 aromatic heterocycles. The van der Waals surface area contributed by atoms with Gasteiger partial charge in [-0.15, -0.1) is 11.3 Å². The first kappa shape index (κ1) is 16.2. The fraction of sp³-hybridized carbons (Fsp3) is 0.462. The van der Waals surface area contributed by atoms with E-state index in [0.717, 1.165) is 0 Å². The lowest BCUT2D eigenvalue weighted by Gasteiger charge is -2.18.